The van der Waals surface area contributed by atoms with Crippen LogP contribution >= 0.6 is 0 Å². The minimum absolute atomic E-state index is 0.0647. The SMILES string of the molecule is COCc1cc(C(=O)N(C)CCC(N)=NO)no1. The molecule has 8 heteroatoms. The highest BCUT2D eigenvalue weighted by Gasteiger charge is 2.16. The third-order valence-electron chi connectivity index (χ3n) is 2.24. The maximum atomic E-state index is 11.9. The topological polar surface area (TPSA) is 114 Å². The lowest BCUT2D eigenvalue weighted by molar-refractivity contribution is 0.0787. The first kappa shape index (κ1) is 14.0. The molecule has 0 radical (unpaired) electrons. The largest absolute Gasteiger partial charge is 0.409 e. The van der Waals surface area contributed by atoms with Gasteiger partial charge in [-0.2, -0.15) is 0 Å². The fourth-order valence-electron chi connectivity index (χ4n) is 1.25. The van der Waals surface area contributed by atoms with E-state index in [0.29, 0.717) is 12.3 Å². The summed E-state index contributed by atoms with van der Waals surface area (Å²) in [7, 11) is 3.12. The molecule has 1 aromatic heterocycles. The van der Waals surface area contributed by atoms with Gasteiger partial charge in [-0.05, 0) is 0 Å². The molecule has 1 rings (SSSR count). The summed E-state index contributed by atoms with van der Waals surface area (Å²) in [5, 5.41) is 14.9. The Kier molecular flexibility index (Phi) is 5.12. The van der Waals surface area contributed by atoms with Crippen LogP contribution in [0.1, 0.15) is 22.7 Å². The fraction of sp³-hybridized carbons (Fsp3) is 0.500. The molecule has 1 aromatic rings. The van der Waals surface area contributed by atoms with Gasteiger partial charge < -0.3 is 25.1 Å². The molecule has 0 saturated carbocycles. The van der Waals surface area contributed by atoms with Crippen molar-refractivity contribution in [2.75, 3.05) is 20.7 Å². The maximum absolute atomic E-state index is 11.9. The quantitative estimate of drug-likeness (QED) is 0.321. The molecule has 0 aliphatic carbocycles. The average Bonchev–Trinajstić information content (AvgIpc) is 2.83. The van der Waals surface area contributed by atoms with Crippen LogP contribution in [-0.4, -0.2) is 47.7 Å². The van der Waals surface area contributed by atoms with Crippen molar-refractivity contribution in [3.05, 3.63) is 17.5 Å². The predicted octanol–water partition coefficient (Wildman–Crippen LogP) is 0.0295. The number of rotatable bonds is 6. The van der Waals surface area contributed by atoms with Gasteiger partial charge in [0.1, 0.15) is 12.4 Å². The fourth-order valence-corrected chi connectivity index (χ4v) is 1.25. The van der Waals surface area contributed by atoms with E-state index in [-0.39, 0.29) is 30.5 Å². The number of hydrogen-bond acceptors (Lipinski definition) is 6. The first-order valence-electron chi connectivity index (χ1n) is 5.25. The Morgan fingerprint density at radius 2 is 2.44 bits per heavy atom. The van der Waals surface area contributed by atoms with Gasteiger partial charge in [-0.3, -0.25) is 4.79 Å². The predicted molar refractivity (Wildman–Crippen MR) is 62.2 cm³/mol. The zero-order chi connectivity index (χ0) is 13.5. The molecule has 0 unspecified atom stereocenters. The molecule has 8 nitrogen and oxygen atoms in total. The van der Waals surface area contributed by atoms with Crippen LogP contribution in [0.4, 0.5) is 0 Å². The number of methoxy groups -OCH3 is 1. The molecule has 0 bridgehead atoms. The number of ether oxygens (including phenoxy) is 1. The number of nitrogens with two attached hydrogens (primary N) is 1. The molecular weight excluding hydrogens is 240 g/mol. The smallest absolute Gasteiger partial charge is 0.275 e. The molecule has 100 valence electrons. The minimum Gasteiger partial charge on any atom is -0.409 e. The standard InChI is InChI=1S/C10H16N4O4/c1-14(4-3-9(11)12-16)10(15)8-5-7(6-17-2)18-13-8/h5,16H,3-4,6H2,1-2H3,(H2,11,12). The van der Waals surface area contributed by atoms with Crippen LogP contribution < -0.4 is 5.73 Å². The van der Waals surface area contributed by atoms with Crippen molar-refractivity contribution in [1.29, 1.82) is 0 Å². The normalized spacial score (nSPS) is 11.6. The van der Waals surface area contributed by atoms with E-state index < -0.39 is 0 Å². The van der Waals surface area contributed by atoms with E-state index in [4.69, 9.17) is 20.2 Å². The molecule has 0 spiro atoms. The van der Waals surface area contributed by atoms with Gasteiger partial charge in [-0.1, -0.05) is 10.3 Å². The van der Waals surface area contributed by atoms with Crippen LogP contribution in [0.3, 0.4) is 0 Å². The number of aromatic nitrogens is 1. The molecule has 18 heavy (non-hydrogen) atoms. The number of oxime groups is 1. The summed E-state index contributed by atoms with van der Waals surface area (Å²) in [6.45, 7) is 0.579. The lowest BCUT2D eigenvalue weighted by Gasteiger charge is -2.14. The summed E-state index contributed by atoms with van der Waals surface area (Å²) in [6, 6.07) is 1.52. The highest BCUT2D eigenvalue weighted by atomic mass is 16.5. The van der Waals surface area contributed by atoms with Crippen LogP contribution in [-0.2, 0) is 11.3 Å². The first-order chi connectivity index (χ1) is 8.58. The summed E-state index contributed by atoms with van der Waals surface area (Å²) in [6.07, 6.45) is 0.279. The van der Waals surface area contributed by atoms with Gasteiger partial charge in [-0.15, -0.1) is 0 Å². The van der Waals surface area contributed by atoms with Gasteiger partial charge in [0.2, 0.25) is 0 Å². The Hall–Kier alpha value is -2.09. The van der Waals surface area contributed by atoms with Crippen molar-refractivity contribution in [2.45, 2.75) is 13.0 Å². The average molecular weight is 256 g/mol. The second-order valence-electron chi connectivity index (χ2n) is 3.68. The highest BCUT2D eigenvalue weighted by Crippen LogP contribution is 2.07. The summed E-state index contributed by atoms with van der Waals surface area (Å²) in [4.78, 5) is 13.3. The van der Waals surface area contributed by atoms with E-state index in [2.05, 4.69) is 10.3 Å². The van der Waals surface area contributed by atoms with Gasteiger partial charge in [0.25, 0.3) is 5.91 Å². The van der Waals surface area contributed by atoms with Crippen molar-refractivity contribution >= 4 is 11.7 Å². The first-order valence-corrected chi connectivity index (χ1v) is 5.25. The third kappa shape index (κ3) is 3.74. The Labute approximate surface area is 104 Å². The second kappa shape index (κ2) is 6.60. The van der Waals surface area contributed by atoms with Gasteiger partial charge in [-0.25, -0.2) is 0 Å². The number of nitrogens with zero attached hydrogens (tertiary/aromatic N) is 3. The molecule has 0 saturated heterocycles. The van der Waals surface area contributed by atoms with Crippen molar-refractivity contribution in [2.24, 2.45) is 10.9 Å². The molecule has 0 fully saturated rings. The van der Waals surface area contributed by atoms with Gasteiger partial charge in [0, 0.05) is 33.2 Å². The summed E-state index contributed by atoms with van der Waals surface area (Å²) in [5.74, 6) is 0.243. The van der Waals surface area contributed by atoms with E-state index in [0.717, 1.165) is 0 Å². The van der Waals surface area contributed by atoms with Gasteiger partial charge >= 0.3 is 0 Å². The van der Waals surface area contributed by atoms with E-state index >= 15 is 0 Å². The highest BCUT2D eigenvalue weighted by molar-refractivity contribution is 5.92. The van der Waals surface area contributed by atoms with Crippen LogP contribution in [0.25, 0.3) is 0 Å². The summed E-state index contributed by atoms with van der Waals surface area (Å²) >= 11 is 0. The zero-order valence-corrected chi connectivity index (χ0v) is 10.3. The Morgan fingerprint density at radius 1 is 1.72 bits per heavy atom. The van der Waals surface area contributed by atoms with Crippen LogP contribution in [0.5, 0.6) is 0 Å². The lowest BCUT2D eigenvalue weighted by atomic mass is 10.3. The molecule has 0 aliphatic rings. The summed E-state index contributed by atoms with van der Waals surface area (Å²) < 4.78 is 9.77. The van der Waals surface area contributed by atoms with Crippen LogP contribution in [0, 0.1) is 0 Å². The van der Waals surface area contributed by atoms with Crippen molar-refractivity contribution in [1.82, 2.24) is 10.1 Å². The number of amidine groups is 1. The van der Waals surface area contributed by atoms with Gasteiger partial charge in [0.05, 0.1) is 0 Å². The van der Waals surface area contributed by atoms with Gasteiger partial charge in [0.15, 0.2) is 11.5 Å². The van der Waals surface area contributed by atoms with Crippen LogP contribution in [0.15, 0.2) is 15.7 Å². The lowest BCUT2D eigenvalue weighted by Crippen LogP contribution is -2.30. The third-order valence-corrected chi connectivity index (χ3v) is 2.24. The monoisotopic (exact) mass is 256 g/mol. The molecule has 0 aromatic carbocycles. The van der Waals surface area contributed by atoms with E-state index in [1.807, 2.05) is 0 Å². The van der Waals surface area contributed by atoms with Crippen LogP contribution in [0.2, 0.25) is 0 Å². The number of hydrogen-bond donors (Lipinski definition) is 2. The maximum Gasteiger partial charge on any atom is 0.275 e. The Morgan fingerprint density at radius 3 is 3.06 bits per heavy atom. The Bertz CT molecular complexity index is 429. The number of amides is 1. The van der Waals surface area contributed by atoms with Crippen molar-refractivity contribution < 1.29 is 19.3 Å². The minimum atomic E-state index is -0.299. The molecule has 0 atom stereocenters. The second-order valence-corrected chi connectivity index (χ2v) is 3.68. The molecule has 1 heterocycles. The van der Waals surface area contributed by atoms with E-state index in [9.17, 15) is 4.79 Å². The zero-order valence-electron chi connectivity index (χ0n) is 10.3. The number of carbonyl (C=O) groups excluding carboxylic acids is 1. The van der Waals surface area contributed by atoms with Crippen molar-refractivity contribution in [3.63, 3.8) is 0 Å². The summed E-state index contributed by atoms with van der Waals surface area (Å²) in [5.41, 5.74) is 5.51. The molecule has 0 aliphatic heterocycles. The molecule has 1 amide bonds. The molecular formula is C10H16N4O4. The molecule has 3 N–H and O–H groups in total. The van der Waals surface area contributed by atoms with E-state index in [1.54, 1.807) is 7.05 Å². The van der Waals surface area contributed by atoms with E-state index in [1.165, 1.54) is 18.1 Å². The number of carbonyl (C=O) groups is 1. The Balaban J connectivity index is 2.56. The van der Waals surface area contributed by atoms with Crippen molar-refractivity contribution in [3.8, 4) is 0 Å².